The number of nitrogens with one attached hydrogen (secondary N) is 3. The second kappa shape index (κ2) is 10.9. The van der Waals surface area contributed by atoms with Crippen LogP contribution in [0.1, 0.15) is 39.9 Å². The van der Waals surface area contributed by atoms with E-state index in [-0.39, 0.29) is 16.5 Å². The molecule has 3 aromatic carbocycles. The third-order valence-electron chi connectivity index (χ3n) is 6.28. The summed E-state index contributed by atoms with van der Waals surface area (Å²) in [7, 11) is 0. The third-order valence-corrected chi connectivity index (χ3v) is 7.99. The number of rotatable bonds is 6. The largest absolute Gasteiger partial charge is 0.326 e. The Labute approximate surface area is 244 Å². The lowest BCUT2D eigenvalue weighted by Gasteiger charge is -2.16. The van der Waals surface area contributed by atoms with Crippen LogP contribution in [-0.4, -0.2) is 22.1 Å². The van der Waals surface area contributed by atoms with Crippen LogP contribution in [0.25, 0.3) is 0 Å². The molecule has 0 radical (unpaired) electrons. The SMILES string of the molecule is CC(=O)Nc1c(C)ccc(NC(=O)c2cc(NC(=O)[C@H]3C(c4cc(Cl)cc(Cl)c4)C3(Cl)Cl)ccc2Cl)c1C. The molecule has 6 nitrogen and oxygen atoms in total. The molecule has 2 atom stereocenters. The fourth-order valence-corrected chi connectivity index (χ4v) is 5.93. The summed E-state index contributed by atoms with van der Waals surface area (Å²) >= 11 is 31.4. The van der Waals surface area contributed by atoms with Crippen LogP contribution in [-0.2, 0) is 9.59 Å². The van der Waals surface area contributed by atoms with Crippen molar-refractivity contribution in [2.24, 2.45) is 5.92 Å². The van der Waals surface area contributed by atoms with E-state index < -0.39 is 28.0 Å². The number of halogens is 5. The van der Waals surface area contributed by atoms with Gasteiger partial charge in [0.15, 0.2) is 0 Å². The molecule has 0 aliphatic heterocycles. The van der Waals surface area contributed by atoms with Crippen molar-refractivity contribution in [3.63, 3.8) is 0 Å². The van der Waals surface area contributed by atoms with Gasteiger partial charge < -0.3 is 16.0 Å². The fourth-order valence-electron chi connectivity index (χ4n) is 4.36. The average molecular weight is 614 g/mol. The Morgan fingerprint density at radius 3 is 2.13 bits per heavy atom. The predicted molar refractivity (Wildman–Crippen MR) is 155 cm³/mol. The highest BCUT2D eigenvalue weighted by molar-refractivity contribution is 6.53. The van der Waals surface area contributed by atoms with Crippen LogP contribution in [0.3, 0.4) is 0 Å². The first-order valence-electron chi connectivity index (χ1n) is 11.4. The molecule has 11 heteroatoms. The number of hydrogen-bond acceptors (Lipinski definition) is 3. The van der Waals surface area contributed by atoms with E-state index in [0.29, 0.717) is 38.2 Å². The van der Waals surface area contributed by atoms with Gasteiger partial charge in [-0.05, 0) is 73.0 Å². The van der Waals surface area contributed by atoms with Crippen LogP contribution < -0.4 is 16.0 Å². The lowest BCUT2D eigenvalue weighted by atomic mass is 10.1. The number of anilines is 3. The molecular weight excluding hydrogens is 592 g/mol. The maximum absolute atomic E-state index is 13.1. The highest BCUT2D eigenvalue weighted by Crippen LogP contribution is 2.65. The van der Waals surface area contributed by atoms with Gasteiger partial charge in [-0.15, -0.1) is 23.2 Å². The molecule has 0 aromatic heterocycles. The number of benzene rings is 3. The van der Waals surface area contributed by atoms with Crippen LogP contribution in [0.15, 0.2) is 48.5 Å². The van der Waals surface area contributed by atoms with E-state index in [4.69, 9.17) is 58.0 Å². The summed E-state index contributed by atoms with van der Waals surface area (Å²) < 4.78 is -1.35. The Morgan fingerprint density at radius 2 is 1.50 bits per heavy atom. The first kappa shape index (κ1) is 28.5. The van der Waals surface area contributed by atoms with E-state index in [1.807, 2.05) is 6.92 Å². The molecule has 0 saturated heterocycles. The lowest BCUT2D eigenvalue weighted by molar-refractivity contribution is -0.117. The van der Waals surface area contributed by atoms with Crippen molar-refractivity contribution in [2.45, 2.75) is 31.0 Å². The van der Waals surface area contributed by atoms with Gasteiger partial charge in [0.1, 0.15) is 4.33 Å². The second-order valence-electron chi connectivity index (χ2n) is 9.08. The minimum absolute atomic E-state index is 0.141. The van der Waals surface area contributed by atoms with Gasteiger partial charge in [0.2, 0.25) is 11.8 Å². The van der Waals surface area contributed by atoms with Crippen LogP contribution in [0, 0.1) is 19.8 Å². The minimum atomic E-state index is -1.35. The topological polar surface area (TPSA) is 87.3 Å². The van der Waals surface area contributed by atoms with Gasteiger partial charge >= 0.3 is 0 Å². The second-order valence-corrected chi connectivity index (χ2v) is 11.8. The molecule has 38 heavy (non-hydrogen) atoms. The van der Waals surface area contributed by atoms with Crippen LogP contribution in [0.2, 0.25) is 15.1 Å². The van der Waals surface area contributed by atoms with Gasteiger partial charge in [-0.3, -0.25) is 14.4 Å². The van der Waals surface area contributed by atoms with E-state index in [1.54, 1.807) is 43.3 Å². The maximum atomic E-state index is 13.1. The molecule has 0 heterocycles. The molecule has 0 spiro atoms. The zero-order valence-electron chi connectivity index (χ0n) is 20.4. The predicted octanol–water partition coefficient (Wildman–Crippen LogP) is 8.00. The molecule has 4 rings (SSSR count). The summed E-state index contributed by atoms with van der Waals surface area (Å²) in [5.74, 6) is -2.43. The molecule has 1 aliphatic carbocycles. The van der Waals surface area contributed by atoms with Crippen molar-refractivity contribution in [3.05, 3.63) is 85.9 Å². The van der Waals surface area contributed by atoms with E-state index in [1.165, 1.54) is 19.1 Å². The molecule has 1 aliphatic rings. The lowest BCUT2D eigenvalue weighted by Crippen LogP contribution is -2.18. The van der Waals surface area contributed by atoms with E-state index in [9.17, 15) is 14.4 Å². The van der Waals surface area contributed by atoms with Crippen LogP contribution >= 0.6 is 58.0 Å². The van der Waals surface area contributed by atoms with Crippen molar-refractivity contribution in [1.82, 2.24) is 0 Å². The number of hydrogen-bond donors (Lipinski definition) is 3. The molecule has 3 amide bonds. The molecule has 198 valence electrons. The molecule has 1 unspecified atom stereocenters. The Hall–Kier alpha value is -2.48. The summed E-state index contributed by atoms with van der Waals surface area (Å²) in [5, 5.41) is 9.37. The van der Waals surface area contributed by atoms with Gasteiger partial charge in [0, 0.05) is 39.9 Å². The highest BCUT2D eigenvalue weighted by atomic mass is 35.5. The summed E-state index contributed by atoms with van der Waals surface area (Å²) in [4.78, 5) is 37.8. The molecule has 3 N–H and O–H groups in total. The molecule has 0 bridgehead atoms. The zero-order valence-corrected chi connectivity index (χ0v) is 24.2. The van der Waals surface area contributed by atoms with Gasteiger partial charge in [0.05, 0.1) is 16.5 Å². The summed E-state index contributed by atoms with van der Waals surface area (Å²) in [6.07, 6.45) is 0. The van der Waals surface area contributed by atoms with Gasteiger partial charge in [-0.1, -0.05) is 40.9 Å². The first-order chi connectivity index (χ1) is 17.8. The molecule has 3 aromatic rings. The maximum Gasteiger partial charge on any atom is 0.257 e. The third kappa shape index (κ3) is 5.90. The number of amides is 3. The van der Waals surface area contributed by atoms with Crippen molar-refractivity contribution in [1.29, 1.82) is 0 Å². The zero-order chi connectivity index (χ0) is 27.9. The molecular formula is C27H22Cl5N3O3. The number of aryl methyl sites for hydroxylation is 1. The first-order valence-corrected chi connectivity index (χ1v) is 13.3. The number of carbonyl (C=O) groups is 3. The average Bonchev–Trinajstić information content (AvgIpc) is 3.41. The van der Waals surface area contributed by atoms with Crippen molar-refractivity contribution >= 4 is 92.8 Å². The quantitative estimate of drug-likeness (QED) is 0.246. The van der Waals surface area contributed by atoms with Crippen LogP contribution in [0.4, 0.5) is 17.1 Å². The highest BCUT2D eigenvalue weighted by Gasteiger charge is 2.67. The van der Waals surface area contributed by atoms with Gasteiger partial charge in [-0.25, -0.2) is 0 Å². The van der Waals surface area contributed by atoms with Gasteiger partial charge in [0.25, 0.3) is 5.91 Å². The Bertz CT molecular complexity index is 1450. The fraction of sp³-hybridized carbons (Fsp3) is 0.222. The summed E-state index contributed by atoms with van der Waals surface area (Å²) in [6, 6.07) is 13.0. The normalized spacial score (nSPS) is 17.5. The Balaban J connectivity index is 1.53. The van der Waals surface area contributed by atoms with E-state index in [2.05, 4.69) is 16.0 Å². The van der Waals surface area contributed by atoms with Gasteiger partial charge in [-0.2, -0.15) is 0 Å². The Morgan fingerprint density at radius 1 is 0.842 bits per heavy atom. The standard InChI is InChI=1S/C27H22Cl5N3O3/c1-12-4-7-21(13(2)24(12)33-14(3)36)35-25(37)19-11-18(5-6-20(19)30)34-26(38)23-22(27(23,31)32)15-8-16(28)10-17(29)9-15/h4-11,22-23H,1-3H3,(H,33,36)(H,34,38)(H,35,37)/t22?,23-/m1/s1. The molecule has 1 saturated carbocycles. The van der Waals surface area contributed by atoms with Crippen molar-refractivity contribution in [3.8, 4) is 0 Å². The summed E-state index contributed by atoms with van der Waals surface area (Å²) in [6.45, 7) is 5.06. The van der Waals surface area contributed by atoms with E-state index >= 15 is 0 Å². The summed E-state index contributed by atoms with van der Waals surface area (Å²) in [5.41, 5.74) is 3.79. The van der Waals surface area contributed by atoms with Crippen LogP contribution in [0.5, 0.6) is 0 Å². The molecule has 1 fully saturated rings. The minimum Gasteiger partial charge on any atom is -0.326 e. The smallest absolute Gasteiger partial charge is 0.257 e. The van der Waals surface area contributed by atoms with E-state index in [0.717, 1.165) is 5.56 Å². The number of alkyl halides is 2. The Kier molecular flexibility index (Phi) is 8.22. The van der Waals surface area contributed by atoms with Crippen molar-refractivity contribution < 1.29 is 14.4 Å². The number of carbonyl (C=O) groups excluding carboxylic acids is 3. The monoisotopic (exact) mass is 611 g/mol. The van der Waals surface area contributed by atoms with Crippen molar-refractivity contribution in [2.75, 3.05) is 16.0 Å².